The fourth-order valence-corrected chi connectivity index (χ4v) is 2.29. The molecule has 0 fully saturated rings. The summed E-state index contributed by atoms with van der Waals surface area (Å²) in [7, 11) is 0. The van der Waals surface area contributed by atoms with Crippen LogP contribution in [0.2, 0.25) is 0 Å². The number of alkyl halides is 3. The van der Waals surface area contributed by atoms with Crippen LogP contribution >= 0.6 is 0 Å². The molecule has 0 saturated heterocycles. The highest BCUT2D eigenvalue weighted by atomic mass is 19.4. The van der Waals surface area contributed by atoms with Crippen LogP contribution in [0.25, 0.3) is 0 Å². The molecular weight excluding hydrogens is 323 g/mol. The van der Waals surface area contributed by atoms with Crippen LogP contribution in [0, 0.1) is 11.8 Å². The molecule has 4 N–H and O–H groups in total. The molecule has 0 bridgehead atoms. The van der Waals surface area contributed by atoms with Crippen molar-refractivity contribution in [3.05, 3.63) is 24.3 Å². The number of ether oxygens (including phenoxy) is 1. The van der Waals surface area contributed by atoms with E-state index in [-0.39, 0.29) is 24.2 Å². The van der Waals surface area contributed by atoms with Crippen LogP contribution in [0.4, 0.5) is 18.9 Å². The van der Waals surface area contributed by atoms with E-state index in [0.29, 0.717) is 24.6 Å². The van der Waals surface area contributed by atoms with E-state index in [9.17, 15) is 13.2 Å². The molecule has 0 aliphatic carbocycles. The summed E-state index contributed by atoms with van der Waals surface area (Å²) in [5.41, 5.74) is 6.29. The second-order valence-corrected chi connectivity index (χ2v) is 5.93. The summed E-state index contributed by atoms with van der Waals surface area (Å²) in [5.74, 6) is 0.597. The fraction of sp³-hybridized carbons (Fsp3) is 0.562. The number of aliphatic imine (C=N–C) groups is 1. The van der Waals surface area contributed by atoms with Crippen LogP contribution in [0.1, 0.15) is 26.7 Å². The third-order valence-corrected chi connectivity index (χ3v) is 3.22. The molecule has 0 radical (unpaired) electrons. The number of hydrogen-bond acceptors (Lipinski definition) is 3. The number of hydrogen-bond donors (Lipinski definition) is 3. The van der Waals surface area contributed by atoms with E-state index in [2.05, 4.69) is 28.9 Å². The van der Waals surface area contributed by atoms with Crippen molar-refractivity contribution in [2.75, 3.05) is 18.5 Å². The predicted octanol–water partition coefficient (Wildman–Crippen LogP) is 3.36. The van der Waals surface area contributed by atoms with Gasteiger partial charge in [-0.2, -0.15) is 0 Å². The highest BCUT2D eigenvalue weighted by Crippen LogP contribution is 2.23. The van der Waals surface area contributed by atoms with Gasteiger partial charge < -0.3 is 20.9 Å². The van der Waals surface area contributed by atoms with E-state index >= 15 is 0 Å². The second kappa shape index (κ2) is 9.36. The van der Waals surface area contributed by atoms with Gasteiger partial charge in [0.1, 0.15) is 5.75 Å². The fourth-order valence-electron chi connectivity index (χ4n) is 2.29. The van der Waals surface area contributed by atoms with Gasteiger partial charge >= 0.3 is 6.36 Å². The van der Waals surface area contributed by atoms with Gasteiger partial charge in [0.25, 0.3) is 0 Å². The lowest BCUT2D eigenvalue weighted by Gasteiger charge is -2.16. The monoisotopic (exact) mass is 347 g/mol. The molecule has 136 valence electrons. The second-order valence-electron chi connectivity index (χ2n) is 5.93. The lowest BCUT2D eigenvalue weighted by Crippen LogP contribution is -2.24. The zero-order valence-electron chi connectivity index (χ0n) is 13.8. The number of benzene rings is 1. The first-order chi connectivity index (χ1) is 11.2. The molecule has 24 heavy (non-hydrogen) atoms. The Balaban J connectivity index is 2.57. The number of halogens is 3. The number of aliphatic hydroxyl groups is 1. The average molecular weight is 347 g/mol. The number of aliphatic hydroxyl groups excluding tert-OH is 1. The van der Waals surface area contributed by atoms with E-state index < -0.39 is 6.36 Å². The maximum atomic E-state index is 12.1. The number of nitrogens with zero attached hydrogens (tertiary/aromatic N) is 1. The molecule has 0 aromatic heterocycles. The summed E-state index contributed by atoms with van der Waals surface area (Å²) in [4.78, 5) is 4.23. The van der Waals surface area contributed by atoms with Crippen LogP contribution in [-0.4, -0.2) is 30.6 Å². The minimum atomic E-state index is -4.71. The third kappa shape index (κ3) is 8.61. The minimum Gasteiger partial charge on any atom is -0.406 e. The Labute approximate surface area is 139 Å². The maximum Gasteiger partial charge on any atom is 0.573 e. The standard InChI is InChI=1S/C16H24F3N3O2/c1-11(2)9-12(7-8-23)10-21-15(20)22-13-3-5-14(6-4-13)24-16(17,18)19/h3-6,11-12,23H,7-10H2,1-2H3,(H3,20,21,22). The smallest absolute Gasteiger partial charge is 0.406 e. The molecule has 1 aromatic carbocycles. The summed E-state index contributed by atoms with van der Waals surface area (Å²) in [5, 5.41) is 11.9. The first-order valence-electron chi connectivity index (χ1n) is 7.73. The molecule has 1 aromatic rings. The van der Waals surface area contributed by atoms with E-state index in [1.54, 1.807) is 0 Å². The Kier molecular flexibility index (Phi) is 7.84. The quantitative estimate of drug-likeness (QED) is 0.498. The highest BCUT2D eigenvalue weighted by Gasteiger charge is 2.30. The minimum absolute atomic E-state index is 0.0981. The van der Waals surface area contributed by atoms with Gasteiger partial charge in [0.05, 0.1) is 0 Å². The summed E-state index contributed by atoms with van der Waals surface area (Å²) in [6.07, 6.45) is -3.13. The number of nitrogens with two attached hydrogens (primary N) is 1. The number of nitrogens with one attached hydrogen (secondary N) is 1. The molecule has 0 amide bonds. The SMILES string of the molecule is CC(C)CC(CCO)CN=C(N)Nc1ccc(OC(F)(F)F)cc1. The van der Waals surface area contributed by atoms with Gasteiger partial charge in [0, 0.05) is 18.8 Å². The van der Waals surface area contributed by atoms with Crippen molar-refractivity contribution in [1.29, 1.82) is 0 Å². The Morgan fingerprint density at radius 2 is 1.92 bits per heavy atom. The molecule has 1 unspecified atom stereocenters. The summed E-state index contributed by atoms with van der Waals surface area (Å²) in [6.45, 7) is 4.77. The highest BCUT2D eigenvalue weighted by molar-refractivity contribution is 5.92. The molecule has 0 heterocycles. The summed E-state index contributed by atoms with van der Waals surface area (Å²) < 4.78 is 40.1. The van der Waals surface area contributed by atoms with Crippen LogP contribution in [0.3, 0.4) is 0 Å². The van der Waals surface area contributed by atoms with Crippen LogP contribution in [-0.2, 0) is 0 Å². The lowest BCUT2D eigenvalue weighted by molar-refractivity contribution is -0.274. The van der Waals surface area contributed by atoms with Gasteiger partial charge in [-0.1, -0.05) is 13.8 Å². The largest absolute Gasteiger partial charge is 0.573 e. The van der Waals surface area contributed by atoms with E-state index in [1.165, 1.54) is 24.3 Å². The number of guanidine groups is 1. The van der Waals surface area contributed by atoms with Crippen LogP contribution in [0.15, 0.2) is 29.3 Å². The van der Waals surface area contributed by atoms with Gasteiger partial charge in [-0.15, -0.1) is 13.2 Å². The number of rotatable bonds is 8. The average Bonchev–Trinajstić information content (AvgIpc) is 2.45. The van der Waals surface area contributed by atoms with Gasteiger partial charge in [-0.3, -0.25) is 4.99 Å². The molecule has 1 rings (SSSR count). The first-order valence-corrected chi connectivity index (χ1v) is 7.73. The Morgan fingerprint density at radius 1 is 1.29 bits per heavy atom. The van der Waals surface area contributed by atoms with Gasteiger partial charge in [0.15, 0.2) is 5.96 Å². The molecule has 0 saturated carbocycles. The Hall–Kier alpha value is -1.96. The predicted molar refractivity (Wildman–Crippen MR) is 87.9 cm³/mol. The van der Waals surface area contributed by atoms with E-state index in [0.717, 1.165) is 6.42 Å². The lowest BCUT2D eigenvalue weighted by atomic mass is 9.94. The van der Waals surface area contributed by atoms with Crippen molar-refractivity contribution in [3.63, 3.8) is 0 Å². The Morgan fingerprint density at radius 3 is 2.42 bits per heavy atom. The van der Waals surface area contributed by atoms with Crippen molar-refractivity contribution in [2.45, 2.75) is 33.1 Å². The molecule has 1 atom stereocenters. The van der Waals surface area contributed by atoms with Gasteiger partial charge in [-0.05, 0) is 48.9 Å². The molecule has 0 spiro atoms. The van der Waals surface area contributed by atoms with Crippen LogP contribution < -0.4 is 15.8 Å². The normalized spacial score (nSPS) is 13.9. The topological polar surface area (TPSA) is 79.9 Å². The third-order valence-electron chi connectivity index (χ3n) is 3.22. The summed E-state index contributed by atoms with van der Waals surface area (Å²) >= 11 is 0. The molecule has 5 nitrogen and oxygen atoms in total. The van der Waals surface area contributed by atoms with Gasteiger partial charge in [0.2, 0.25) is 0 Å². The molecule has 0 aliphatic heterocycles. The van der Waals surface area contributed by atoms with E-state index in [1.807, 2.05) is 0 Å². The Bertz CT molecular complexity index is 516. The first kappa shape index (κ1) is 20.1. The van der Waals surface area contributed by atoms with Crippen molar-refractivity contribution in [3.8, 4) is 5.75 Å². The molecule has 0 aliphatic rings. The van der Waals surface area contributed by atoms with E-state index in [4.69, 9.17) is 10.8 Å². The van der Waals surface area contributed by atoms with Gasteiger partial charge in [-0.25, -0.2) is 0 Å². The zero-order valence-corrected chi connectivity index (χ0v) is 13.8. The van der Waals surface area contributed by atoms with Crippen molar-refractivity contribution in [1.82, 2.24) is 0 Å². The van der Waals surface area contributed by atoms with Crippen LogP contribution in [0.5, 0.6) is 5.75 Å². The maximum absolute atomic E-state index is 12.1. The van der Waals surface area contributed by atoms with Crippen molar-refractivity contribution >= 4 is 11.6 Å². The molecular formula is C16H24F3N3O2. The number of anilines is 1. The zero-order chi connectivity index (χ0) is 18.2. The van der Waals surface area contributed by atoms with Crippen molar-refractivity contribution < 1.29 is 23.0 Å². The summed E-state index contributed by atoms with van der Waals surface area (Å²) in [6, 6.07) is 5.22. The molecule has 8 heteroatoms. The van der Waals surface area contributed by atoms with Crippen molar-refractivity contribution in [2.24, 2.45) is 22.6 Å².